The third-order valence-corrected chi connectivity index (χ3v) is 4.15. The van der Waals surface area contributed by atoms with Crippen LogP contribution in [0.4, 0.5) is 0 Å². The van der Waals surface area contributed by atoms with Gasteiger partial charge in [0.2, 0.25) is 0 Å². The van der Waals surface area contributed by atoms with Crippen LogP contribution in [0, 0.1) is 0 Å². The van der Waals surface area contributed by atoms with Gasteiger partial charge in [-0.1, -0.05) is 24.6 Å². The van der Waals surface area contributed by atoms with Crippen LogP contribution in [0.3, 0.4) is 0 Å². The molecule has 1 aromatic rings. The van der Waals surface area contributed by atoms with Crippen molar-refractivity contribution in [2.24, 2.45) is 0 Å². The maximum atomic E-state index is 5.97. The van der Waals surface area contributed by atoms with E-state index in [-0.39, 0.29) is 18.3 Å². The van der Waals surface area contributed by atoms with E-state index < -0.39 is 0 Å². The molecule has 1 heterocycles. The van der Waals surface area contributed by atoms with E-state index in [1.165, 1.54) is 0 Å². The molecule has 1 aliphatic heterocycles. The van der Waals surface area contributed by atoms with Crippen LogP contribution < -0.4 is 4.74 Å². The van der Waals surface area contributed by atoms with E-state index in [9.17, 15) is 0 Å². The highest BCUT2D eigenvalue weighted by Gasteiger charge is 2.50. The summed E-state index contributed by atoms with van der Waals surface area (Å²) in [7, 11) is -0.0864. The number of hydrogen-bond acceptors (Lipinski definition) is 3. The van der Waals surface area contributed by atoms with Crippen molar-refractivity contribution in [2.45, 2.75) is 58.1 Å². The molecule has 1 fully saturated rings. The topological polar surface area (TPSA) is 27.7 Å². The van der Waals surface area contributed by atoms with Crippen LogP contribution in [-0.4, -0.2) is 24.9 Å². The van der Waals surface area contributed by atoms with Crippen molar-refractivity contribution < 1.29 is 14.0 Å². The second kappa shape index (κ2) is 6.19. The van der Waals surface area contributed by atoms with E-state index in [0.29, 0.717) is 0 Å². The summed E-state index contributed by atoms with van der Waals surface area (Å²) in [5.41, 5.74) is -0.448. The van der Waals surface area contributed by atoms with Crippen molar-refractivity contribution in [3.8, 4) is 5.75 Å². The molecule has 0 amide bonds. The Balaban J connectivity index is 1.63. The van der Waals surface area contributed by atoms with Crippen molar-refractivity contribution in [3.63, 3.8) is 0 Å². The fraction of sp³-hybridized carbons (Fsp3) is 0.625. The highest BCUT2D eigenvalue weighted by molar-refractivity contribution is 6.45. The number of benzene rings is 1. The number of rotatable bonds is 6. The van der Waals surface area contributed by atoms with Crippen molar-refractivity contribution in [2.75, 3.05) is 6.61 Å². The van der Waals surface area contributed by atoms with Gasteiger partial charge in [0.15, 0.2) is 0 Å². The highest BCUT2D eigenvalue weighted by atomic mass is 16.7. The van der Waals surface area contributed by atoms with E-state index in [1.807, 2.05) is 30.3 Å². The minimum Gasteiger partial charge on any atom is -0.494 e. The van der Waals surface area contributed by atoms with Crippen LogP contribution in [0.2, 0.25) is 6.32 Å². The van der Waals surface area contributed by atoms with E-state index >= 15 is 0 Å². The standard InChI is InChI=1S/C16H25BO3/c1-15(2)16(3,4)20-17(19-15)12-8-9-13-18-14-10-6-5-7-11-14/h5-7,10-11H,8-9,12-13H2,1-4H3. The normalized spacial score (nSPS) is 20.1. The monoisotopic (exact) mass is 276 g/mol. The fourth-order valence-electron chi connectivity index (χ4n) is 2.20. The van der Waals surface area contributed by atoms with Crippen molar-refractivity contribution in [3.05, 3.63) is 30.3 Å². The zero-order valence-electron chi connectivity index (χ0n) is 13.0. The third-order valence-electron chi connectivity index (χ3n) is 4.15. The minimum absolute atomic E-state index is 0.0864. The molecule has 20 heavy (non-hydrogen) atoms. The van der Waals surface area contributed by atoms with Crippen LogP contribution >= 0.6 is 0 Å². The summed E-state index contributed by atoms with van der Waals surface area (Å²) in [5.74, 6) is 0.933. The zero-order chi connectivity index (χ0) is 14.6. The Morgan fingerprint density at radius 3 is 2.15 bits per heavy atom. The quantitative estimate of drug-likeness (QED) is 0.582. The van der Waals surface area contributed by atoms with Gasteiger partial charge >= 0.3 is 7.12 Å². The summed E-state index contributed by atoms with van der Waals surface area (Å²) in [6.45, 7) is 9.09. The molecule has 0 N–H and O–H groups in total. The minimum atomic E-state index is -0.224. The first-order chi connectivity index (χ1) is 9.41. The van der Waals surface area contributed by atoms with E-state index in [1.54, 1.807) is 0 Å². The Kier molecular flexibility index (Phi) is 4.76. The smallest absolute Gasteiger partial charge is 0.457 e. The summed E-state index contributed by atoms with van der Waals surface area (Å²) in [4.78, 5) is 0. The Morgan fingerprint density at radius 2 is 1.55 bits per heavy atom. The Labute approximate surface area is 122 Å². The summed E-state index contributed by atoms with van der Waals surface area (Å²) in [6, 6.07) is 9.92. The summed E-state index contributed by atoms with van der Waals surface area (Å²) < 4.78 is 17.6. The third kappa shape index (κ3) is 3.77. The second-order valence-electron chi connectivity index (χ2n) is 6.34. The average molecular weight is 276 g/mol. The molecule has 1 saturated heterocycles. The van der Waals surface area contributed by atoms with E-state index in [2.05, 4.69) is 27.7 Å². The molecule has 110 valence electrons. The van der Waals surface area contributed by atoms with Crippen molar-refractivity contribution in [1.29, 1.82) is 0 Å². The lowest BCUT2D eigenvalue weighted by Gasteiger charge is -2.32. The summed E-state index contributed by atoms with van der Waals surface area (Å²) in [6.07, 6.45) is 2.98. The van der Waals surface area contributed by atoms with E-state index in [4.69, 9.17) is 14.0 Å². The van der Waals surface area contributed by atoms with Crippen LogP contribution in [0.15, 0.2) is 30.3 Å². The van der Waals surface area contributed by atoms with Gasteiger partial charge in [0.1, 0.15) is 5.75 Å². The van der Waals surface area contributed by atoms with Crippen LogP contribution in [0.25, 0.3) is 0 Å². The Bertz CT molecular complexity index is 401. The second-order valence-corrected chi connectivity index (χ2v) is 6.34. The van der Waals surface area contributed by atoms with Crippen LogP contribution in [0.1, 0.15) is 40.5 Å². The summed E-state index contributed by atoms with van der Waals surface area (Å²) >= 11 is 0. The average Bonchev–Trinajstić information content (AvgIpc) is 2.58. The van der Waals surface area contributed by atoms with E-state index in [0.717, 1.165) is 31.5 Å². The molecular weight excluding hydrogens is 251 g/mol. The molecule has 2 rings (SSSR count). The highest BCUT2D eigenvalue weighted by Crippen LogP contribution is 2.38. The number of ether oxygens (including phenoxy) is 1. The van der Waals surface area contributed by atoms with Crippen molar-refractivity contribution in [1.82, 2.24) is 0 Å². The predicted octanol–water partition coefficient (Wildman–Crippen LogP) is 3.94. The lowest BCUT2D eigenvalue weighted by atomic mass is 9.82. The lowest BCUT2D eigenvalue weighted by molar-refractivity contribution is 0.00578. The van der Waals surface area contributed by atoms with Gasteiger partial charge in [0.05, 0.1) is 17.8 Å². The number of hydrogen-bond donors (Lipinski definition) is 0. The largest absolute Gasteiger partial charge is 0.494 e. The molecular formula is C16H25BO3. The Morgan fingerprint density at radius 1 is 0.950 bits per heavy atom. The summed E-state index contributed by atoms with van der Waals surface area (Å²) in [5, 5.41) is 0. The molecule has 1 aromatic carbocycles. The number of para-hydroxylation sites is 1. The van der Waals surface area contributed by atoms with Gasteiger partial charge in [0.25, 0.3) is 0 Å². The van der Waals surface area contributed by atoms with Gasteiger partial charge in [-0.2, -0.15) is 0 Å². The first kappa shape index (κ1) is 15.4. The molecule has 0 aliphatic carbocycles. The van der Waals surface area contributed by atoms with Gasteiger partial charge in [-0.25, -0.2) is 0 Å². The lowest BCUT2D eigenvalue weighted by Crippen LogP contribution is -2.41. The SMILES string of the molecule is CC1(C)OB(CCCCOc2ccccc2)OC1(C)C. The zero-order valence-corrected chi connectivity index (χ0v) is 13.0. The molecule has 0 spiro atoms. The molecule has 0 unspecified atom stereocenters. The van der Waals surface area contributed by atoms with Gasteiger partial charge in [-0.3, -0.25) is 0 Å². The van der Waals surface area contributed by atoms with Crippen LogP contribution in [0.5, 0.6) is 5.75 Å². The first-order valence-corrected chi connectivity index (χ1v) is 7.44. The molecule has 1 aliphatic rings. The molecule has 0 bridgehead atoms. The van der Waals surface area contributed by atoms with Gasteiger partial charge < -0.3 is 14.0 Å². The van der Waals surface area contributed by atoms with Crippen molar-refractivity contribution >= 4 is 7.12 Å². The predicted molar refractivity (Wildman–Crippen MR) is 82.1 cm³/mol. The Hall–Kier alpha value is -0.995. The van der Waals surface area contributed by atoms with Crippen LogP contribution in [-0.2, 0) is 9.31 Å². The van der Waals surface area contributed by atoms with Gasteiger partial charge in [0, 0.05) is 0 Å². The molecule has 0 aromatic heterocycles. The van der Waals surface area contributed by atoms with Gasteiger partial charge in [-0.05, 0) is 52.6 Å². The maximum absolute atomic E-state index is 5.97. The number of unbranched alkanes of at least 4 members (excludes halogenated alkanes) is 1. The molecule has 4 heteroatoms. The van der Waals surface area contributed by atoms with Gasteiger partial charge in [-0.15, -0.1) is 0 Å². The first-order valence-electron chi connectivity index (χ1n) is 7.44. The molecule has 3 nitrogen and oxygen atoms in total. The fourth-order valence-corrected chi connectivity index (χ4v) is 2.20. The molecule has 0 radical (unpaired) electrons. The molecule has 0 atom stereocenters. The molecule has 0 saturated carbocycles. The maximum Gasteiger partial charge on any atom is 0.457 e.